The summed E-state index contributed by atoms with van der Waals surface area (Å²) >= 11 is 0. The molecule has 24 heavy (non-hydrogen) atoms. The van der Waals surface area contributed by atoms with Crippen molar-refractivity contribution in [3.63, 3.8) is 0 Å². The number of pyridine rings is 1. The molecule has 0 aliphatic carbocycles. The maximum atomic E-state index is 14.0. The molecule has 4 heterocycles. The fourth-order valence-corrected chi connectivity index (χ4v) is 3.58. The second-order valence-electron chi connectivity index (χ2n) is 6.39. The molecular formula is C17H21FN4O2. The molecule has 2 atom stereocenters. The molecule has 0 aromatic carbocycles. The highest BCUT2D eigenvalue weighted by Crippen LogP contribution is 2.25. The third kappa shape index (κ3) is 2.89. The smallest absolute Gasteiger partial charge is 0.240 e. The lowest BCUT2D eigenvalue weighted by Gasteiger charge is -2.32. The first kappa shape index (κ1) is 15.5. The van der Waals surface area contributed by atoms with Gasteiger partial charge in [-0.05, 0) is 12.1 Å². The number of hydrogen-bond donors (Lipinski definition) is 0. The predicted octanol–water partition coefficient (Wildman–Crippen LogP) is 1.11. The van der Waals surface area contributed by atoms with Crippen LogP contribution in [0.2, 0.25) is 0 Å². The molecule has 6 nitrogen and oxygen atoms in total. The fourth-order valence-electron chi connectivity index (χ4n) is 3.58. The van der Waals surface area contributed by atoms with E-state index in [1.54, 1.807) is 11.1 Å². The molecule has 4 rings (SSSR count). The summed E-state index contributed by atoms with van der Waals surface area (Å²) in [4.78, 5) is 20.9. The van der Waals surface area contributed by atoms with E-state index in [2.05, 4.69) is 4.98 Å². The van der Waals surface area contributed by atoms with Gasteiger partial charge < -0.3 is 14.0 Å². The number of aromatic nitrogens is 2. The van der Waals surface area contributed by atoms with Gasteiger partial charge in [0.05, 0.1) is 31.1 Å². The highest BCUT2D eigenvalue weighted by Gasteiger charge is 2.39. The van der Waals surface area contributed by atoms with Gasteiger partial charge >= 0.3 is 0 Å². The molecule has 1 amide bonds. The number of likely N-dealkylation sites (tertiary alicyclic amines) is 1. The first-order valence-electron chi connectivity index (χ1n) is 8.38. The van der Waals surface area contributed by atoms with Gasteiger partial charge in [-0.3, -0.25) is 9.69 Å². The minimum atomic E-state index is -0.959. The molecule has 0 N–H and O–H groups in total. The Morgan fingerprint density at radius 3 is 3.00 bits per heavy atom. The van der Waals surface area contributed by atoms with Crippen molar-refractivity contribution in [1.82, 2.24) is 19.2 Å². The van der Waals surface area contributed by atoms with Crippen LogP contribution in [-0.2, 0) is 16.1 Å². The summed E-state index contributed by atoms with van der Waals surface area (Å²) in [5, 5.41) is 0. The van der Waals surface area contributed by atoms with Crippen LogP contribution >= 0.6 is 0 Å². The number of rotatable bonds is 3. The lowest BCUT2D eigenvalue weighted by molar-refractivity contribution is -0.140. The summed E-state index contributed by atoms with van der Waals surface area (Å²) in [6.45, 7) is 3.12. The van der Waals surface area contributed by atoms with E-state index in [1.165, 1.54) is 0 Å². The molecule has 2 aliphatic rings. The van der Waals surface area contributed by atoms with Crippen LogP contribution in [-0.4, -0.2) is 70.2 Å². The number of halogens is 1. The molecule has 2 fully saturated rings. The van der Waals surface area contributed by atoms with Crippen molar-refractivity contribution >= 4 is 11.6 Å². The van der Waals surface area contributed by atoms with Gasteiger partial charge in [0.1, 0.15) is 11.8 Å². The van der Waals surface area contributed by atoms with Gasteiger partial charge in [0.2, 0.25) is 5.91 Å². The van der Waals surface area contributed by atoms with Gasteiger partial charge in [-0.1, -0.05) is 6.07 Å². The van der Waals surface area contributed by atoms with Crippen molar-refractivity contribution in [2.45, 2.75) is 25.2 Å². The molecule has 0 unspecified atom stereocenters. The van der Waals surface area contributed by atoms with Crippen molar-refractivity contribution in [2.75, 3.05) is 32.8 Å². The van der Waals surface area contributed by atoms with Crippen LogP contribution in [0.3, 0.4) is 0 Å². The van der Waals surface area contributed by atoms with E-state index < -0.39 is 12.2 Å². The minimum Gasteiger partial charge on any atom is -0.378 e. The van der Waals surface area contributed by atoms with E-state index in [1.807, 2.05) is 33.7 Å². The second-order valence-corrected chi connectivity index (χ2v) is 6.39. The Balaban J connectivity index is 1.53. The summed E-state index contributed by atoms with van der Waals surface area (Å²) in [5.74, 6) is 0.0206. The molecule has 128 valence electrons. The normalized spacial score (nSPS) is 25.5. The van der Waals surface area contributed by atoms with Crippen molar-refractivity contribution in [3.05, 3.63) is 36.3 Å². The SMILES string of the molecule is O=C([C@@H]1C[C@@H](F)CN1Cc1cnc2ccccn12)N1CCOCC1. The van der Waals surface area contributed by atoms with Gasteiger partial charge in [-0.2, -0.15) is 0 Å². The highest BCUT2D eigenvalue weighted by molar-refractivity contribution is 5.82. The maximum absolute atomic E-state index is 14.0. The first-order chi connectivity index (χ1) is 11.7. The van der Waals surface area contributed by atoms with Crippen LogP contribution in [0, 0.1) is 0 Å². The summed E-state index contributed by atoms with van der Waals surface area (Å²) < 4.78 is 21.3. The Morgan fingerprint density at radius 1 is 1.33 bits per heavy atom. The molecule has 2 saturated heterocycles. The van der Waals surface area contributed by atoms with E-state index in [4.69, 9.17) is 4.74 Å². The Morgan fingerprint density at radius 2 is 2.17 bits per heavy atom. The molecule has 2 aromatic heterocycles. The van der Waals surface area contributed by atoms with Gasteiger partial charge in [-0.15, -0.1) is 0 Å². The number of carbonyl (C=O) groups is 1. The van der Waals surface area contributed by atoms with E-state index in [9.17, 15) is 9.18 Å². The quantitative estimate of drug-likeness (QED) is 0.845. The average Bonchev–Trinajstić information content (AvgIpc) is 3.19. The van der Waals surface area contributed by atoms with Crippen LogP contribution in [0.4, 0.5) is 4.39 Å². The van der Waals surface area contributed by atoms with E-state index in [-0.39, 0.29) is 12.3 Å². The third-order valence-electron chi connectivity index (χ3n) is 4.82. The summed E-state index contributed by atoms with van der Waals surface area (Å²) in [5.41, 5.74) is 1.83. The predicted molar refractivity (Wildman–Crippen MR) is 86.3 cm³/mol. The second kappa shape index (κ2) is 6.49. The summed E-state index contributed by atoms with van der Waals surface area (Å²) in [6, 6.07) is 5.41. The number of carbonyl (C=O) groups excluding carboxylic acids is 1. The van der Waals surface area contributed by atoms with Crippen molar-refractivity contribution in [3.8, 4) is 0 Å². The van der Waals surface area contributed by atoms with Crippen molar-refractivity contribution < 1.29 is 13.9 Å². The molecule has 0 spiro atoms. The van der Waals surface area contributed by atoms with Crippen LogP contribution in [0.5, 0.6) is 0 Å². The number of fused-ring (bicyclic) bond motifs is 1. The van der Waals surface area contributed by atoms with Gasteiger partial charge in [0.25, 0.3) is 0 Å². The lowest BCUT2D eigenvalue weighted by atomic mass is 10.1. The largest absolute Gasteiger partial charge is 0.378 e. The summed E-state index contributed by atoms with van der Waals surface area (Å²) in [6.07, 6.45) is 3.06. The standard InChI is InChI=1S/C17H21FN4O2/c18-13-9-15(17(23)20-5-7-24-8-6-20)21(11-13)12-14-10-19-16-3-1-2-4-22(14)16/h1-4,10,13,15H,5-9,11-12H2/t13-,15+/m1/s1. The molecule has 0 bridgehead atoms. The molecule has 2 aromatic rings. The Kier molecular flexibility index (Phi) is 4.20. The minimum absolute atomic E-state index is 0.0206. The monoisotopic (exact) mass is 332 g/mol. The number of morpholine rings is 1. The topological polar surface area (TPSA) is 50.1 Å². The van der Waals surface area contributed by atoms with Crippen molar-refractivity contribution in [2.24, 2.45) is 0 Å². The maximum Gasteiger partial charge on any atom is 0.240 e. The van der Waals surface area contributed by atoms with Crippen LogP contribution < -0.4 is 0 Å². The van der Waals surface area contributed by atoms with Gasteiger partial charge in [-0.25, -0.2) is 9.37 Å². The first-order valence-corrected chi connectivity index (χ1v) is 8.38. The highest BCUT2D eigenvalue weighted by atomic mass is 19.1. The zero-order valence-corrected chi connectivity index (χ0v) is 13.5. The lowest BCUT2D eigenvalue weighted by Crippen LogP contribution is -2.49. The van der Waals surface area contributed by atoms with E-state index in [0.717, 1.165) is 11.3 Å². The molecule has 0 radical (unpaired) electrons. The number of imidazole rings is 1. The number of ether oxygens (including phenoxy) is 1. The average molecular weight is 332 g/mol. The molecular weight excluding hydrogens is 311 g/mol. The zero-order valence-electron chi connectivity index (χ0n) is 13.5. The molecule has 7 heteroatoms. The number of alkyl halides is 1. The number of amides is 1. The van der Waals surface area contributed by atoms with E-state index in [0.29, 0.717) is 39.4 Å². The number of nitrogens with zero attached hydrogens (tertiary/aromatic N) is 4. The Bertz CT molecular complexity index is 728. The van der Waals surface area contributed by atoms with Crippen LogP contribution in [0.1, 0.15) is 12.1 Å². The van der Waals surface area contributed by atoms with Crippen molar-refractivity contribution in [1.29, 1.82) is 0 Å². The van der Waals surface area contributed by atoms with Gasteiger partial charge in [0.15, 0.2) is 0 Å². The number of hydrogen-bond acceptors (Lipinski definition) is 4. The Hall–Kier alpha value is -1.99. The fraction of sp³-hybridized carbons (Fsp3) is 0.529. The third-order valence-corrected chi connectivity index (χ3v) is 4.82. The van der Waals surface area contributed by atoms with E-state index >= 15 is 0 Å². The molecule has 2 aliphatic heterocycles. The van der Waals surface area contributed by atoms with Crippen LogP contribution in [0.25, 0.3) is 5.65 Å². The molecule has 0 saturated carbocycles. The Labute approximate surface area is 139 Å². The summed E-state index contributed by atoms with van der Waals surface area (Å²) in [7, 11) is 0. The van der Waals surface area contributed by atoms with Gasteiger partial charge in [0, 0.05) is 38.8 Å². The zero-order chi connectivity index (χ0) is 16.5. The van der Waals surface area contributed by atoms with Crippen LogP contribution in [0.15, 0.2) is 30.6 Å².